The van der Waals surface area contributed by atoms with Crippen molar-refractivity contribution in [3.8, 4) is 11.1 Å². The highest BCUT2D eigenvalue weighted by molar-refractivity contribution is 5.82. The van der Waals surface area contributed by atoms with Gasteiger partial charge in [-0.1, -0.05) is 42.5 Å². The molecule has 2 aromatic carbocycles. The summed E-state index contributed by atoms with van der Waals surface area (Å²) in [5.74, 6) is -0.866. The van der Waals surface area contributed by atoms with E-state index in [4.69, 9.17) is 5.11 Å². The molecule has 0 spiro atoms. The Labute approximate surface area is 106 Å². The normalized spacial score (nSPS) is 10.1. The number of para-hydroxylation sites is 1. The Kier molecular flexibility index (Phi) is 3.63. The van der Waals surface area contributed by atoms with Gasteiger partial charge >= 0.3 is 5.97 Å². The van der Waals surface area contributed by atoms with E-state index in [0.717, 1.165) is 16.8 Å². The van der Waals surface area contributed by atoms with Crippen molar-refractivity contribution in [1.29, 1.82) is 0 Å². The van der Waals surface area contributed by atoms with Crippen LogP contribution in [0.3, 0.4) is 0 Å². The van der Waals surface area contributed by atoms with E-state index in [0.29, 0.717) is 0 Å². The molecule has 0 aliphatic carbocycles. The molecule has 0 amide bonds. The number of carbonyl (C=O) groups is 1. The van der Waals surface area contributed by atoms with Gasteiger partial charge < -0.3 is 10.4 Å². The van der Waals surface area contributed by atoms with Gasteiger partial charge in [0.25, 0.3) is 0 Å². The molecule has 0 aliphatic heterocycles. The summed E-state index contributed by atoms with van der Waals surface area (Å²) in [6.45, 7) is 1.96. The van der Waals surface area contributed by atoms with Crippen LogP contribution < -0.4 is 5.32 Å². The molecule has 0 aliphatic rings. The minimum atomic E-state index is -0.866. The fourth-order valence-corrected chi connectivity index (χ4v) is 1.92. The molecular formula is C15H15NO2. The molecule has 0 bridgehead atoms. The van der Waals surface area contributed by atoms with Crippen LogP contribution in [-0.2, 0) is 4.79 Å². The number of carboxylic acid groups (broad SMARTS) is 1. The SMILES string of the molecule is Cc1ccccc1-c1ccccc1NCC(=O)O. The number of benzene rings is 2. The predicted molar refractivity (Wildman–Crippen MR) is 72.7 cm³/mol. The van der Waals surface area contributed by atoms with Crippen molar-refractivity contribution in [2.45, 2.75) is 6.92 Å². The van der Waals surface area contributed by atoms with E-state index in [2.05, 4.69) is 5.32 Å². The van der Waals surface area contributed by atoms with E-state index in [9.17, 15) is 4.79 Å². The van der Waals surface area contributed by atoms with Crippen LogP contribution in [0, 0.1) is 6.92 Å². The number of rotatable bonds is 4. The van der Waals surface area contributed by atoms with Crippen molar-refractivity contribution in [3.63, 3.8) is 0 Å². The number of hydrogen-bond acceptors (Lipinski definition) is 2. The van der Waals surface area contributed by atoms with Crippen LogP contribution in [0.4, 0.5) is 5.69 Å². The summed E-state index contributed by atoms with van der Waals surface area (Å²) in [4.78, 5) is 10.6. The highest BCUT2D eigenvalue weighted by atomic mass is 16.4. The van der Waals surface area contributed by atoms with Crippen LogP contribution >= 0.6 is 0 Å². The Morgan fingerprint density at radius 1 is 1.06 bits per heavy atom. The maximum Gasteiger partial charge on any atom is 0.322 e. The van der Waals surface area contributed by atoms with Crippen molar-refractivity contribution in [3.05, 3.63) is 54.1 Å². The summed E-state index contributed by atoms with van der Waals surface area (Å²) in [5, 5.41) is 11.7. The van der Waals surface area contributed by atoms with Gasteiger partial charge in [0.15, 0.2) is 0 Å². The van der Waals surface area contributed by atoms with E-state index in [1.807, 2.05) is 55.5 Å². The Morgan fingerprint density at radius 2 is 1.67 bits per heavy atom. The molecule has 2 N–H and O–H groups in total. The predicted octanol–water partition coefficient (Wildman–Crippen LogP) is 3.16. The van der Waals surface area contributed by atoms with Crippen LogP contribution in [-0.4, -0.2) is 17.6 Å². The molecule has 2 aromatic rings. The summed E-state index contributed by atoms with van der Waals surface area (Å²) in [6, 6.07) is 15.8. The Morgan fingerprint density at radius 3 is 2.33 bits per heavy atom. The minimum Gasteiger partial charge on any atom is -0.480 e. The highest BCUT2D eigenvalue weighted by Gasteiger charge is 2.07. The summed E-state index contributed by atoms with van der Waals surface area (Å²) in [5.41, 5.74) is 4.15. The van der Waals surface area contributed by atoms with Gasteiger partial charge in [0, 0.05) is 11.3 Å². The van der Waals surface area contributed by atoms with Crippen LogP contribution in [0.1, 0.15) is 5.56 Å². The van der Waals surface area contributed by atoms with Gasteiger partial charge in [0.05, 0.1) is 0 Å². The van der Waals surface area contributed by atoms with Crippen molar-refractivity contribution in [2.24, 2.45) is 0 Å². The van der Waals surface area contributed by atoms with E-state index in [1.54, 1.807) is 0 Å². The highest BCUT2D eigenvalue weighted by Crippen LogP contribution is 2.29. The van der Waals surface area contributed by atoms with Crippen molar-refractivity contribution >= 4 is 11.7 Å². The first kappa shape index (κ1) is 12.2. The van der Waals surface area contributed by atoms with Gasteiger partial charge in [-0.05, 0) is 24.1 Å². The molecule has 0 saturated carbocycles. The molecule has 0 heterocycles. The third-order valence-corrected chi connectivity index (χ3v) is 2.79. The number of nitrogens with one attached hydrogen (secondary N) is 1. The van der Waals surface area contributed by atoms with Gasteiger partial charge in [-0.15, -0.1) is 0 Å². The lowest BCUT2D eigenvalue weighted by molar-refractivity contribution is -0.134. The summed E-state index contributed by atoms with van der Waals surface area (Å²) in [6.07, 6.45) is 0. The topological polar surface area (TPSA) is 49.3 Å². The Balaban J connectivity index is 2.39. The molecule has 3 nitrogen and oxygen atoms in total. The van der Waals surface area contributed by atoms with Gasteiger partial charge in [0.2, 0.25) is 0 Å². The Bertz CT molecular complexity index is 564. The zero-order valence-electron chi connectivity index (χ0n) is 10.2. The van der Waals surface area contributed by atoms with Gasteiger partial charge in [-0.3, -0.25) is 4.79 Å². The Hall–Kier alpha value is -2.29. The van der Waals surface area contributed by atoms with E-state index in [-0.39, 0.29) is 6.54 Å². The molecule has 92 valence electrons. The third-order valence-electron chi connectivity index (χ3n) is 2.79. The first-order chi connectivity index (χ1) is 8.68. The molecule has 0 saturated heterocycles. The molecular weight excluding hydrogens is 226 g/mol. The van der Waals surface area contributed by atoms with Crippen LogP contribution in [0.15, 0.2) is 48.5 Å². The van der Waals surface area contributed by atoms with Gasteiger partial charge in [-0.2, -0.15) is 0 Å². The first-order valence-corrected chi connectivity index (χ1v) is 5.79. The van der Waals surface area contributed by atoms with E-state index in [1.165, 1.54) is 5.56 Å². The second kappa shape index (κ2) is 5.36. The molecule has 18 heavy (non-hydrogen) atoms. The number of aliphatic carboxylic acids is 1. The largest absolute Gasteiger partial charge is 0.480 e. The van der Waals surface area contributed by atoms with Gasteiger partial charge in [-0.25, -0.2) is 0 Å². The number of hydrogen-bond donors (Lipinski definition) is 2. The molecule has 2 rings (SSSR count). The zero-order valence-corrected chi connectivity index (χ0v) is 10.2. The number of aryl methyl sites for hydroxylation is 1. The van der Waals surface area contributed by atoms with Crippen LogP contribution in [0.25, 0.3) is 11.1 Å². The number of carboxylic acids is 1. The molecule has 0 aromatic heterocycles. The van der Waals surface area contributed by atoms with Crippen molar-refractivity contribution in [2.75, 3.05) is 11.9 Å². The molecule has 3 heteroatoms. The third kappa shape index (κ3) is 2.69. The maximum atomic E-state index is 10.6. The van der Waals surface area contributed by atoms with Crippen molar-refractivity contribution < 1.29 is 9.90 Å². The van der Waals surface area contributed by atoms with E-state index >= 15 is 0 Å². The smallest absolute Gasteiger partial charge is 0.322 e. The van der Waals surface area contributed by atoms with Crippen LogP contribution in [0.5, 0.6) is 0 Å². The lowest BCUT2D eigenvalue weighted by atomic mass is 9.99. The lowest BCUT2D eigenvalue weighted by Crippen LogP contribution is -2.12. The molecule has 0 unspecified atom stereocenters. The molecule has 0 atom stereocenters. The quantitative estimate of drug-likeness (QED) is 0.864. The van der Waals surface area contributed by atoms with E-state index < -0.39 is 5.97 Å². The first-order valence-electron chi connectivity index (χ1n) is 5.79. The fraction of sp³-hybridized carbons (Fsp3) is 0.133. The monoisotopic (exact) mass is 241 g/mol. The minimum absolute atomic E-state index is 0.0805. The molecule has 0 fully saturated rings. The van der Waals surface area contributed by atoms with Crippen LogP contribution in [0.2, 0.25) is 0 Å². The second-order valence-corrected chi connectivity index (χ2v) is 4.11. The summed E-state index contributed by atoms with van der Waals surface area (Å²) in [7, 11) is 0. The number of anilines is 1. The second-order valence-electron chi connectivity index (χ2n) is 4.11. The summed E-state index contributed by atoms with van der Waals surface area (Å²) < 4.78 is 0. The maximum absolute atomic E-state index is 10.6. The lowest BCUT2D eigenvalue weighted by Gasteiger charge is -2.12. The summed E-state index contributed by atoms with van der Waals surface area (Å²) >= 11 is 0. The average Bonchev–Trinajstić information content (AvgIpc) is 2.37. The zero-order chi connectivity index (χ0) is 13.0. The molecule has 0 radical (unpaired) electrons. The fourth-order valence-electron chi connectivity index (χ4n) is 1.92. The van der Waals surface area contributed by atoms with Gasteiger partial charge in [0.1, 0.15) is 6.54 Å². The van der Waals surface area contributed by atoms with Crippen molar-refractivity contribution in [1.82, 2.24) is 0 Å². The standard InChI is InChI=1S/C15H15NO2/c1-11-6-2-3-7-12(11)13-8-4-5-9-14(13)16-10-15(17)18/h2-9,16H,10H2,1H3,(H,17,18). The average molecular weight is 241 g/mol.